The number of ketones is 1. The lowest BCUT2D eigenvalue weighted by Gasteiger charge is -2.20. The molecule has 2 aliphatic rings. The molecule has 0 aromatic heterocycles. The first kappa shape index (κ1) is 20.5. The quantitative estimate of drug-likeness (QED) is 0.246. The number of carbonyl (C=O) groups is 2. The fourth-order valence-corrected chi connectivity index (χ4v) is 3.72. The molecule has 0 saturated heterocycles. The third-order valence-corrected chi connectivity index (χ3v) is 5.22. The Morgan fingerprint density at radius 1 is 0.968 bits per heavy atom. The maximum absolute atomic E-state index is 13.0. The molecule has 5 heteroatoms. The van der Waals surface area contributed by atoms with Crippen LogP contribution in [0.1, 0.15) is 36.7 Å². The van der Waals surface area contributed by atoms with E-state index in [4.69, 9.17) is 9.15 Å². The molecule has 0 radical (unpaired) electrons. The maximum atomic E-state index is 13.0. The van der Waals surface area contributed by atoms with Gasteiger partial charge in [0.05, 0.1) is 0 Å². The van der Waals surface area contributed by atoms with Crippen LogP contribution >= 0.6 is 0 Å². The third kappa shape index (κ3) is 3.75. The Labute approximate surface area is 179 Å². The van der Waals surface area contributed by atoms with E-state index >= 15 is 0 Å². The summed E-state index contributed by atoms with van der Waals surface area (Å²) in [6.45, 7) is 7.88. The lowest BCUT2D eigenvalue weighted by atomic mass is 9.84. The van der Waals surface area contributed by atoms with E-state index in [9.17, 15) is 14.4 Å². The van der Waals surface area contributed by atoms with Gasteiger partial charge in [-0.15, -0.1) is 0 Å². The average Bonchev–Trinajstić information content (AvgIpc) is 2.71. The van der Waals surface area contributed by atoms with Crippen LogP contribution in [0, 0.1) is 12.3 Å². The molecule has 1 aliphatic carbocycles. The zero-order valence-electron chi connectivity index (χ0n) is 17.8. The van der Waals surface area contributed by atoms with Crippen molar-refractivity contribution in [3.63, 3.8) is 0 Å². The molecule has 0 N–H and O–H groups in total. The van der Waals surface area contributed by atoms with E-state index in [1.165, 1.54) is 12.1 Å². The van der Waals surface area contributed by atoms with Gasteiger partial charge >= 0.3 is 0 Å². The molecule has 4 rings (SSSR count). The van der Waals surface area contributed by atoms with Crippen LogP contribution < -0.4 is 10.2 Å². The number of benzene rings is 3. The maximum Gasteiger partial charge on any atom is 0.298 e. The number of rotatable bonds is 4. The third-order valence-electron chi connectivity index (χ3n) is 5.22. The lowest BCUT2D eigenvalue weighted by Crippen LogP contribution is -2.20. The summed E-state index contributed by atoms with van der Waals surface area (Å²) in [4.78, 5) is 36.2. The topological polar surface area (TPSA) is 73.6 Å². The Kier molecular flexibility index (Phi) is 4.97. The van der Waals surface area contributed by atoms with Crippen molar-refractivity contribution in [3.05, 3.63) is 75.9 Å². The lowest BCUT2D eigenvalue weighted by molar-refractivity contribution is -0.120. The normalized spacial score (nSPS) is 11.6. The minimum atomic E-state index is -0.574. The fraction of sp³-hybridized carbons (Fsp3) is 0.192. The van der Waals surface area contributed by atoms with Gasteiger partial charge in [0.2, 0.25) is 0 Å². The van der Waals surface area contributed by atoms with Gasteiger partial charge in [0.25, 0.3) is 6.47 Å². The summed E-state index contributed by atoms with van der Waals surface area (Å²) in [5.74, 6) is 0.713. The molecule has 0 unspecified atom stereocenters. The van der Waals surface area contributed by atoms with E-state index in [1.54, 1.807) is 24.3 Å². The predicted octanol–water partition coefficient (Wildman–Crippen LogP) is 5.64. The highest BCUT2D eigenvalue weighted by Crippen LogP contribution is 2.44. The van der Waals surface area contributed by atoms with Crippen molar-refractivity contribution in [1.29, 1.82) is 0 Å². The van der Waals surface area contributed by atoms with Crippen molar-refractivity contribution in [2.75, 3.05) is 0 Å². The summed E-state index contributed by atoms with van der Waals surface area (Å²) >= 11 is 0. The van der Waals surface area contributed by atoms with Gasteiger partial charge < -0.3 is 9.15 Å². The number of hydrogen-bond donors (Lipinski definition) is 0. The number of hydrogen-bond acceptors (Lipinski definition) is 5. The molecule has 5 nitrogen and oxygen atoms in total. The molecule has 0 spiro atoms. The molecular weight excluding hydrogens is 392 g/mol. The first-order valence-corrected chi connectivity index (χ1v) is 9.96. The van der Waals surface area contributed by atoms with Crippen molar-refractivity contribution in [3.8, 4) is 28.2 Å². The van der Waals surface area contributed by atoms with Crippen LogP contribution in [0.5, 0.6) is 5.75 Å². The van der Waals surface area contributed by atoms with E-state index in [1.807, 2.05) is 45.9 Å². The van der Waals surface area contributed by atoms with E-state index in [-0.39, 0.29) is 11.2 Å². The predicted molar refractivity (Wildman–Crippen MR) is 120 cm³/mol. The minimum absolute atomic E-state index is 0.0293. The van der Waals surface area contributed by atoms with Crippen LogP contribution in [-0.2, 0) is 4.79 Å². The molecule has 2 aromatic rings. The van der Waals surface area contributed by atoms with Gasteiger partial charge in [-0.25, -0.2) is 0 Å². The molecule has 31 heavy (non-hydrogen) atoms. The van der Waals surface area contributed by atoms with Crippen LogP contribution in [0.25, 0.3) is 33.4 Å². The van der Waals surface area contributed by atoms with Crippen LogP contribution in [0.3, 0.4) is 0 Å². The highest BCUT2D eigenvalue weighted by Gasteiger charge is 2.26. The summed E-state index contributed by atoms with van der Waals surface area (Å²) in [7, 11) is 0. The number of aryl methyl sites for hydroxylation is 1. The average molecular weight is 414 g/mol. The van der Waals surface area contributed by atoms with Gasteiger partial charge in [-0.05, 0) is 48.9 Å². The summed E-state index contributed by atoms with van der Waals surface area (Å²) in [5.41, 5.74) is 3.36. The SMILES string of the molecule is Cc1ccc2c(-c3cc(C(=O)C(C)(C)C)ccc3OC=O)c3ccc(=O)cc-3oc2c1. The van der Waals surface area contributed by atoms with Gasteiger partial charge in [0.1, 0.15) is 17.1 Å². The van der Waals surface area contributed by atoms with E-state index in [0.717, 1.165) is 16.5 Å². The van der Waals surface area contributed by atoms with Crippen LogP contribution in [0.15, 0.2) is 63.8 Å². The minimum Gasteiger partial charge on any atom is -0.456 e. The van der Waals surface area contributed by atoms with Crippen LogP contribution in [0.2, 0.25) is 0 Å². The molecule has 1 heterocycles. The van der Waals surface area contributed by atoms with Crippen molar-refractivity contribution in [2.45, 2.75) is 27.7 Å². The van der Waals surface area contributed by atoms with Crippen LogP contribution in [-0.4, -0.2) is 12.3 Å². The Morgan fingerprint density at radius 2 is 1.74 bits per heavy atom. The number of ether oxygens (including phenoxy) is 1. The fourth-order valence-electron chi connectivity index (χ4n) is 3.72. The van der Waals surface area contributed by atoms with Crippen molar-refractivity contribution in [2.24, 2.45) is 5.41 Å². The van der Waals surface area contributed by atoms with E-state index in [0.29, 0.717) is 40.3 Å². The van der Waals surface area contributed by atoms with Crippen molar-refractivity contribution >= 4 is 23.2 Å². The first-order chi connectivity index (χ1) is 14.7. The molecule has 1 aliphatic heterocycles. The number of carbonyl (C=O) groups excluding carboxylic acids is 2. The van der Waals surface area contributed by atoms with Gasteiger partial charge in [0.15, 0.2) is 11.2 Å². The summed E-state index contributed by atoms with van der Waals surface area (Å²) in [5, 5.41) is 0.785. The Bertz CT molecular complexity index is 1350. The van der Waals surface area contributed by atoms with Crippen molar-refractivity contribution < 1.29 is 18.7 Å². The summed E-state index contributed by atoms with van der Waals surface area (Å²) < 4.78 is 11.3. The number of fused-ring (bicyclic) bond motifs is 2. The molecule has 2 aromatic carbocycles. The van der Waals surface area contributed by atoms with E-state index < -0.39 is 5.41 Å². The first-order valence-electron chi connectivity index (χ1n) is 9.96. The molecule has 0 fully saturated rings. The van der Waals surface area contributed by atoms with Gasteiger partial charge in [-0.2, -0.15) is 0 Å². The van der Waals surface area contributed by atoms with Crippen LogP contribution in [0.4, 0.5) is 0 Å². The zero-order valence-corrected chi connectivity index (χ0v) is 17.8. The van der Waals surface area contributed by atoms with Gasteiger partial charge in [-0.1, -0.05) is 32.9 Å². The summed E-state index contributed by atoms with van der Waals surface area (Å²) in [6.07, 6.45) is 0. The Balaban J connectivity index is 2.13. The standard InChI is InChI=1S/C26H22O5/c1-15-5-8-18-22(11-15)31-23-13-17(28)7-9-19(23)24(18)20-12-16(25(29)26(2,3)4)6-10-21(20)30-14-27/h5-14H,1-4H3. The highest BCUT2D eigenvalue weighted by molar-refractivity contribution is 6.06. The second-order valence-corrected chi connectivity index (χ2v) is 8.64. The van der Waals surface area contributed by atoms with Crippen molar-refractivity contribution in [1.82, 2.24) is 0 Å². The van der Waals surface area contributed by atoms with E-state index in [2.05, 4.69) is 0 Å². The second kappa shape index (κ2) is 7.51. The second-order valence-electron chi connectivity index (χ2n) is 8.64. The van der Waals surface area contributed by atoms with Gasteiger partial charge in [0, 0.05) is 39.1 Å². The Morgan fingerprint density at radius 3 is 2.45 bits per heavy atom. The highest BCUT2D eigenvalue weighted by atomic mass is 16.5. The largest absolute Gasteiger partial charge is 0.456 e. The molecular formula is C26H22O5. The number of Topliss-reactive ketones (excluding diaryl/α,β-unsaturated/α-hetero) is 1. The monoisotopic (exact) mass is 414 g/mol. The molecule has 0 atom stereocenters. The summed E-state index contributed by atoms with van der Waals surface area (Å²) in [6, 6.07) is 15.4. The molecule has 0 amide bonds. The molecule has 0 bridgehead atoms. The van der Waals surface area contributed by atoms with Gasteiger partial charge in [-0.3, -0.25) is 14.4 Å². The zero-order chi connectivity index (χ0) is 22.3. The Hall–Kier alpha value is -3.73. The molecule has 0 saturated carbocycles. The smallest absolute Gasteiger partial charge is 0.298 e. The molecule has 156 valence electrons.